The van der Waals surface area contributed by atoms with Gasteiger partial charge in [-0.15, -0.1) is 11.8 Å². The van der Waals surface area contributed by atoms with Crippen LogP contribution in [0.1, 0.15) is 11.1 Å². The van der Waals surface area contributed by atoms with E-state index in [1.807, 2.05) is 42.5 Å². The van der Waals surface area contributed by atoms with Gasteiger partial charge >= 0.3 is 0 Å². The zero-order valence-electron chi connectivity index (χ0n) is 17.2. The van der Waals surface area contributed by atoms with Crippen LogP contribution in [0.25, 0.3) is 0 Å². The fourth-order valence-corrected chi connectivity index (χ4v) is 4.88. The molecule has 3 aromatic carbocycles. The van der Waals surface area contributed by atoms with Gasteiger partial charge in [0.2, 0.25) is 15.9 Å². The van der Waals surface area contributed by atoms with Crippen LogP contribution >= 0.6 is 23.4 Å². The second kappa shape index (κ2) is 10.2. The molecule has 0 atom stereocenters. The van der Waals surface area contributed by atoms with Crippen molar-refractivity contribution in [2.24, 2.45) is 0 Å². The first-order chi connectivity index (χ1) is 14.7. The summed E-state index contributed by atoms with van der Waals surface area (Å²) in [4.78, 5) is 13.8. The molecule has 0 heterocycles. The van der Waals surface area contributed by atoms with Gasteiger partial charge in [-0.1, -0.05) is 48.0 Å². The minimum Gasteiger partial charge on any atom is -0.325 e. The number of aryl methyl sites for hydroxylation is 1. The van der Waals surface area contributed by atoms with Crippen LogP contribution in [0.4, 0.5) is 11.4 Å². The minimum absolute atomic E-state index is 0.342. The predicted octanol–water partition coefficient (Wildman–Crippen LogP) is 5.35. The monoisotopic (exact) mass is 474 g/mol. The summed E-state index contributed by atoms with van der Waals surface area (Å²) in [5, 5.41) is 3.17. The minimum atomic E-state index is -3.67. The van der Waals surface area contributed by atoms with Gasteiger partial charge in [0, 0.05) is 21.4 Å². The van der Waals surface area contributed by atoms with E-state index in [2.05, 4.69) is 17.4 Å². The van der Waals surface area contributed by atoms with E-state index in [-0.39, 0.29) is 6.54 Å². The van der Waals surface area contributed by atoms with Gasteiger partial charge in [-0.2, -0.15) is 0 Å². The Morgan fingerprint density at radius 2 is 1.71 bits per heavy atom. The van der Waals surface area contributed by atoms with Crippen LogP contribution < -0.4 is 9.62 Å². The molecule has 1 N–H and O–H groups in total. The lowest BCUT2D eigenvalue weighted by atomic mass is 10.2. The number of nitrogens with one attached hydrogen (secondary N) is 1. The van der Waals surface area contributed by atoms with Crippen molar-refractivity contribution in [3.8, 4) is 0 Å². The molecule has 3 rings (SSSR count). The maximum absolute atomic E-state index is 12.6. The molecule has 0 spiro atoms. The van der Waals surface area contributed by atoms with Crippen molar-refractivity contribution < 1.29 is 13.2 Å². The number of hydrogen-bond acceptors (Lipinski definition) is 4. The van der Waals surface area contributed by atoms with Gasteiger partial charge in [0.05, 0.1) is 11.9 Å². The fraction of sp³-hybridized carbons (Fsp3) is 0.174. The van der Waals surface area contributed by atoms with Crippen LogP contribution in [-0.2, 0) is 20.6 Å². The second-order valence-corrected chi connectivity index (χ2v) is 10.4. The van der Waals surface area contributed by atoms with E-state index in [9.17, 15) is 13.2 Å². The first kappa shape index (κ1) is 23.2. The van der Waals surface area contributed by atoms with Gasteiger partial charge in [0.1, 0.15) is 6.54 Å². The molecule has 0 saturated heterocycles. The number of sulfonamides is 1. The van der Waals surface area contributed by atoms with Gasteiger partial charge in [0.15, 0.2) is 0 Å². The second-order valence-electron chi connectivity index (χ2n) is 7.05. The van der Waals surface area contributed by atoms with Gasteiger partial charge < -0.3 is 5.32 Å². The fourth-order valence-electron chi connectivity index (χ4n) is 2.93. The van der Waals surface area contributed by atoms with Crippen LogP contribution in [0.5, 0.6) is 0 Å². The summed E-state index contributed by atoms with van der Waals surface area (Å²) in [7, 11) is -3.67. The van der Waals surface area contributed by atoms with Crippen molar-refractivity contribution in [1.29, 1.82) is 0 Å². The molecule has 0 aliphatic heterocycles. The Bertz CT molecular complexity index is 1150. The average molecular weight is 475 g/mol. The maximum atomic E-state index is 12.6. The largest absolute Gasteiger partial charge is 0.325 e. The molecule has 3 aromatic rings. The van der Waals surface area contributed by atoms with E-state index >= 15 is 0 Å². The zero-order valence-corrected chi connectivity index (χ0v) is 19.6. The number of carbonyl (C=O) groups is 1. The molecule has 0 saturated carbocycles. The van der Waals surface area contributed by atoms with Crippen molar-refractivity contribution in [2.75, 3.05) is 22.4 Å². The van der Waals surface area contributed by atoms with Crippen LogP contribution in [0, 0.1) is 6.92 Å². The highest BCUT2D eigenvalue weighted by atomic mass is 35.5. The van der Waals surface area contributed by atoms with Gasteiger partial charge in [0.25, 0.3) is 0 Å². The summed E-state index contributed by atoms with van der Waals surface area (Å²) in [6.45, 7) is 1.43. The highest BCUT2D eigenvalue weighted by Gasteiger charge is 2.22. The van der Waals surface area contributed by atoms with Crippen LogP contribution in [0.2, 0.25) is 5.02 Å². The Hall–Kier alpha value is -2.48. The molecule has 0 aliphatic rings. The Morgan fingerprint density at radius 3 is 2.35 bits per heavy atom. The molecule has 0 bridgehead atoms. The van der Waals surface area contributed by atoms with E-state index in [1.54, 1.807) is 36.9 Å². The first-order valence-corrected chi connectivity index (χ1v) is 12.7. The van der Waals surface area contributed by atoms with Gasteiger partial charge in [-0.3, -0.25) is 9.10 Å². The molecule has 1 amide bonds. The highest BCUT2D eigenvalue weighted by molar-refractivity contribution is 7.98. The number of amides is 1. The number of hydrogen-bond donors (Lipinski definition) is 1. The number of anilines is 2. The molecule has 5 nitrogen and oxygen atoms in total. The van der Waals surface area contributed by atoms with E-state index in [4.69, 9.17) is 11.6 Å². The van der Waals surface area contributed by atoms with E-state index in [0.717, 1.165) is 21.9 Å². The van der Waals surface area contributed by atoms with Crippen molar-refractivity contribution in [3.05, 3.63) is 88.9 Å². The first-order valence-electron chi connectivity index (χ1n) is 9.53. The molecular formula is C23H23ClN2O3S2. The summed E-state index contributed by atoms with van der Waals surface area (Å²) < 4.78 is 25.7. The molecule has 0 fully saturated rings. The topological polar surface area (TPSA) is 66.5 Å². The summed E-state index contributed by atoms with van der Waals surface area (Å²) >= 11 is 7.77. The lowest BCUT2D eigenvalue weighted by Gasteiger charge is -2.23. The molecular weight excluding hydrogens is 452 g/mol. The molecule has 162 valence electrons. The van der Waals surface area contributed by atoms with E-state index < -0.39 is 15.9 Å². The number of thioether (sulfide) groups is 1. The summed E-state index contributed by atoms with van der Waals surface area (Å²) in [5.41, 5.74) is 2.83. The number of rotatable bonds is 8. The predicted molar refractivity (Wildman–Crippen MR) is 129 cm³/mol. The summed E-state index contributed by atoms with van der Waals surface area (Å²) in [6.07, 6.45) is 1.07. The third-order valence-corrected chi connectivity index (χ3v) is 6.96. The summed E-state index contributed by atoms with van der Waals surface area (Å²) in [6, 6.07) is 22.6. The smallest absolute Gasteiger partial charge is 0.245 e. The third kappa shape index (κ3) is 6.75. The van der Waals surface area contributed by atoms with Crippen molar-refractivity contribution >= 4 is 50.7 Å². The van der Waals surface area contributed by atoms with Gasteiger partial charge in [-0.05, 0) is 54.4 Å². The van der Waals surface area contributed by atoms with Crippen LogP contribution in [0.3, 0.4) is 0 Å². The van der Waals surface area contributed by atoms with Crippen molar-refractivity contribution in [1.82, 2.24) is 0 Å². The molecule has 0 aliphatic carbocycles. The molecule has 8 heteroatoms. The molecule has 0 unspecified atom stereocenters. The number of nitrogens with zero attached hydrogens (tertiary/aromatic N) is 1. The Kier molecular flexibility index (Phi) is 7.64. The Balaban J connectivity index is 1.65. The van der Waals surface area contributed by atoms with Crippen molar-refractivity contribution in [2.45, 2.75) is 17.6 Å². The third-order valence-electron chi connectivity index (χ3n) is 4.51. The van der Waals surface area contributed by atoms with Crippen LogP contribution in [0.15, 0.2) is 77.7 Å². The van der Waals surface area contributed by atoms with E-state index in [0.29, 0.717) is 22.0 Å². The maximum Gasteiger partial charge on any atom is 0.245 e. The molecule has 0 aromatic heterocycles. The lowest BCUT2D eigenvalue weighted by molar-refractivity contribution is -0.114. The Morgan fingerprint density at radius 1 is 1.03 bits per heavy atom. The standard InChI is InChI=1S/C23H23ClN2O3S2/c1-17-8-11-19(24)14-22(17)26(31(2,28)29)15-23(27)25-20-12-9-18(10-13-20)16-30-21-6-4-3-5-7-21/h3-14H,15-16H2,1-2H3,(H,25,27). The zero-order chi connectivity index (χ0) is 22.4. The Labute approximate surface area is 192 Å². The van der Waals surface area contributed by atoms with E-state index in [1.165, 1.54) is 4.90 Å². The SMILES string of the molecule is Cc1ccc(Cl)cc1N(CC(=O)Nc1ccc(CSc2ccccc2)cc1)S(C)(=O)=O. The number of carbonyl (C=O) groups excluding carboxylic acids is 1. The van der Waals surface area contributed by atoms with Crippen molar-refractivity contribution in [3.63, 3.8) is 0 Å². The van der Waals surface area contributed by atoms with Crippen LogP contribution in [-0.4, -0.2) is 27.1 Å². The normalized spacial score (nSPS) is 11.2. The molecule has 31 heavy (non-hydrogen) atoms. The number of benzene rings is 3. The lowest BCUT2D eigenvalue weighted by Crippen LogP contribution is -2.37. The number of halogens is 1. The van der Waals surface area contributed by atoms with Gasteiger partial charge in [-0.25, -0.2) is 8.42 Å². The quantitative estimate of drug-likeness (QED) is 0.447. The average Bonchev–Trinajstić information content (AvgIpc) is 2.73. The summed E-state index contributed by atoms with van der Waals surface area (Å²) in [5.74, 6) is 0.380. The molecule has 0 radical (unpaired) electrons. The highest BCUT2D eigenvalue weighted by Crippen LogP contribution is 2.26.